The van der Waals surface area contributed by atoms with Crippen LogP contribution < -0.4 is 15.9 Å². The van der Waals surface area contributed by atoms with E-state index in [1.165, 1.54) is 19.1 Å². The lowest BCUT2D eigenvalue weighted by molar-refractivity contribution is -0.166. The zero-order chi connectivity index (χ0) is 29.0. The van der Waals surface area contributed by atoms with Crippen molar-refractivity contribution in [3.8, 4) is 0 Å². The van der Waals surface area contributed by atoms with Crippen molar-refractivity contribution in [1.29, 1.82) is 0 Å². The largest absolute Gasteiger partial charge is 0.469 e. The molecule has 2 atom stereocenters. The maximum Gasteiger partial charge on any atom is 0.319 e. The molecule has 0 aromatic heterocycles. The van der Waals surface area contributed by atoms with Gasteiger partial charge in [0.15, 0.2) is 5.92 Å². The second kappa shape index (κ2) is 12.3. The van der Waals surface area contributed by atoms with Gasteiger partial charge in [-0.25, -0.2) is 0 Å². The van der Waals surface area contributed by atoms with Gasteiger partial charge in [0.25, 0.3) is 5.91 Å². The summed E-state index contributed by atoms with van der Waals surface area (Å²) in [5.74, 6) is -5.88. The number of rotatable bonds is 6. The quantitative estimate of drug-likeness (QED) is 0.195. The molecule has 8 heteroatoms. The molecule has 2 amide bonds. The summed E-state index contributed by atoms with van der Waals surface area (Å²) >= 11 is 0. The number of esters is 2. The lowest BCUT2D eigenvalue weighted by Crippen LogP contribution is -2.63. The number of likely N-dealkylation sites (tertiary alicyclic amines) is 1. The Labute approximate surface area is 240 Å². The van der Waals surface area contributed by atoms with Crippen LogP contribution in [0.15, 0.2) is 91.0 Å². The monoisotopic (exact) mass is 571 g/mol. The third-order valence-electron chi connectivity index (χ3n) is 8.21. The number of piperidine rings is 1. The fraction of sp³-hybridized carbons (Fsp3) is 0.303. The number of hydrogen-bond donors (Lipinski definition) is 0. The maximum atomic E-state index is 15.0. The number of imide groups is 1. The van der Waals surface area contributed by atoms with E-state index in [1.54, 1.807) is 0 Å². The highest BCUT2D eigenvalue weighted by Gasteiger charge is 2.57. The Balaban J connectivity index is 2.01. The van der Waals surface area contributed by atoms with E-state index in [1.807, 2.05) is 91.0 Å². The Bertz CT molecular complexity index is 1380. The van der Waals surface area contributed by atoms with Crippen LogP contribution in [0.4, 0.5) is 0 Å². The standard InChI is InChI=1S/C33H34NO6P/c1-39-32(37)27-28(33(38)40-2)30(35)34(23-15-7-3-8-16-23)31(36)29(27)41(24-17-9-4-10-18-24,25-19-11-5-12-20-25)26-21-13-6-14-22-26/h4-6,9-14,17-23,27-28H,3,7-8,15-16H2,1-2H3/t27-,28-/m0/s1. The molecule has 0 unspecified atom stereocenters. The highest BCUT2D eigenvalue weighted by Crippen LogP contribution is 2.51. The first-order chi connectivity index (χ1) is 20.0. The molecule has 7 nitrogen and oxygen atoms in total. The van der Waals surface area contributed by atoms with Gasteiger partial charge < -0.3 is 9.47 Å². The molecule has 2 aliphatic rings. The first-order valence-corrected chi connectivity index (χ1v) is 15.7. The summed E-state index contributed by atoms with van der Waals surface area (Å²) < 4.78 is 10.4. The number of ether oxygens (including phenoxy) is 2. The molecule has 1 saturated heterocycles. The van der Waals surface area contributed by atoms with Gasteiger partial charge in [0.2, 0.25) is 5.91 Å². The smallest absolute Gasteiger partial charge is 0.319 e. The first-order valence-electron chi connectivity index (χ1n) is 13.9. The van der Waals surface area contributed by atoms with Gasteiger partial charge in [0, 0.05) is 11.3 Å². The van der Waals surface area contributed by atoms with Gasteiger partial charge in [-0.1, -0.05) is 110 Å². The summed E-state index contributed by atoms with van der Waals surface area (Å²) in [6.07, 6.45) is 4.06. The number of amides is 2. The van der Waals surface area contributed by atoms with Gasteiger partial charge in [-0.3, -0.25) is 24.1 Å². The average molecular weight is 572 g/mol. The summed E-state index contributed by atoms with van der Waals surface area (Å²) in [6.45, 7) is -3.15. The van der Waals surface area contributed by atoms with Crippen molar-refractivity contribution in [2.75, 3.05) is 14.2 Å². The number of carbonyl (C=O) groups excluding carboxylic acids is 4. The number of hydrogen-bond acceptors (Lipinski definition) is 6. The van der Waals surface area contributed by atoms with Crippen LogP contribution >= 0.6 is 6.89 Å². The van der Waals surface area contributed by atoms with Gasteiger partial charge >= 0.3 is 11.9 Å². The Morgan fingerprint density at radius 3 is 1.49 bits per heavy atom. The van der Waals surface area contributed by atoms with E-state index >= 15 is 4.79 Å². The molecule has 1 heterocycles. The number of carbonyl (C=O) groups is 4. The van der Waals surface area contributed by atoms with E-state index < -0.39 is 42.5 Å². The summed E-state index contributed by atoms with van der Waals surface area (Å²) in [6, 6.07) is 28.5. The van der Waals surface area contributed by atoms with Gasteiger partial charge in [-0.15, -0.1) is 0 Å². The van der Waals surface area contributed by atoms with Crippen molar-refractivity contribution in [3.63, 3.8) is 0 Å². The molecular formula is C33H34NO6P. The minimum Gasteiger partial charge on any atom is -0.469 e. The molecule has 1 aliphatic carbocycles. The number of benzene rings is 3. The second-order valence-corrected chi connectivity index (χ2v) is 13.7. The summed E-state index contributed by atoms with van der Waals surface area (Å²) in [4.78, 5) is 57.6. The molecule has 0 N–H and O–H groups in total. The third kappa shape index (κ3) is 4.93. The van der Waals surface area contributed by atoms with Crippen LogP contribution in [0.2, 0.25) is 0 Å². The average Bonchev–Trinajstić information content (AvgIpc) is 3.03. The fourth-order valence-corrected chi connectivity index (χ4v) is 11.1. The van der Waals surface area contributed by atoms with Crippen LogP contribution in [0, 0.1) is 11.8 Å². The van der Waals surface area contributed by atoms with Crippen molar-refractivity contribution in [2.45, 2.75) is 38.1 Å². The van der Waals surface area contributed by atoms with E-state index in [9.17, 15) is 14.4 Å². The summed E-state index contributed by atoms with van der Waals surface area (Å²) in [7, 11) is 2.41. The predicted octanol–water partition coefficient (Wildman–Crippen LogP) is 3.43. The second-order valence-electron chi connectivity index (χ2n) is 10.4. The molecule has 41 heavy (non-hydrogen) atoms. The lowest BCUT2D eigenvalue weighted by atomic mass is 9.81. The number of methoxy groups -OCH3 is 2. The minimum atomic E-state index is -3.15. The third-order valence-corrected chi connectivity index (χ3v) is 12.6. The van der Waals surface area contributed by atoms with Crippen molar-refractivity contribution in [3.05, 3.63) is 91.0 Å². The zero-order valence-corrected chi connectivity index (χ0v) is 24.2. The molecule has 1 saturated carbocycles. The molecular weight excluding hydrogens is 537 g/mol. The van der Waals surface area contributed by atoms with E-state index in [0.717, 1.165) is 35.2 Å². The first kappa shape index (κ1) is 28.6. The molecule has 2 fully saturated rings. The van der Waals surface area contributed by atoms with E-state index in [2.05, 4.69) is 0 Å². The molecule has 5 rings (SSSR count). The van der Waals surface area contributed by atoms with Crippen LogP contribution in [0.1, 0.15) is 32.1 Å². The van der Waals surface area contributed by atoms with Gasteiger partial charge in [-0.05, 0) is 35.6 Å². The van der Waals surface area contributed by atoms with Crippen molar-refractivity contribution in [1.82, 2.24) is 4.90 Å². The Kier molecular flexibility index (Phi) is 8.55. The van der Waals surface area contributed by atoms with Crippen LogP contribution in [-0.4, -0.2) is 54.2 Å². The molecule has 3 aromatic rings. The van der Waals surface area contributed by atoms with Crippen molar-refractivity contribution >= 4 is 51.8 Å². The Morgan fingerprint density at radius 2 is 1.07 bits per heavy atom. The highest BCUT2D eigenvalue weighted by atomic mass is 31.2. The van der Waals surface area contributed by atoms with Gasteiger partial charge in [0.05, 0.1) is 14.2 Å². The molecule has 212 valence electrons. The van der Waals surface area contributed by atoms with Crippen LogP contribution in [-0.2, 0) is 28.7 Å². The highest BCUT2D eigenvalue weighted by molar-refractivity contribution is 7.96. The fourth-order valence-electron chi connectivity index (χ4n) is 6.40. The Morgan fingerprint density at radius 1 is 0.659 bits per heavy atom. The van der Waals surface area contributed by atoms with E-state index in [4.69, 9.17) is 9.47 Å². The van der Waals surface area contributed by atoms with Crippen LogP contribution in [0.25, 0.3) is 0 Å². The number of nitrogens with zero attached hydrogens (tertiary/aromatic N) is 1. The normalized spacial score (nSPS) is 20.0. The molecule has 0 bridgehead atoms. The minimum absolute atomic E-state index is 0.216. The maximum absolute atomic E-state index is 15.0. The summed E-state index contributed by atoms with van der Waals surface area (Å²) in [5.41, 5.74) is 0. The molecule has 1 aliphatic heterocycles. The van der Waals surface area contributed by atoms with Crippen LogP contribution in [0.5, 0.6) is 0 Å². The SMILES string of the molecule is COC(=O)[C@@H]1C(=O)N(C2CCCCC2)C(=O)C(=P(c2ccccc2)(c2ccccc2)c2ccccc2)[C@H]1C(=O)OC. The summed E-state index contributed by atoms with van der Waals surface area (Å²) in [5, 5.41) is 2.71. The molecule has 0 radical (unpaired) electrons. The van der Waals surface area contributed by atoms with E-state index in [-0.39, 0.29) is 11.3 Å². The van der Waals surface area contributed by atoms with Crippen molar-refractivity contribution in [2.24, 2.45) is 11.8 Å². The molecule has 3 aromatic carbocycles. The topological polar surface area (TPSA) is 90.0 Å². The molecule has 0 spiro atoms. The van der Waals surface area contributed by atoms with E-state index in [0.29, 0.717) is 12.8 Å². The zero-order valence-electron chi connectivity index (χ0n) is 23.3. The van der Waals surface area contributed by atoms with Crippen LogP contribution in [0.3, 0.4) is 0 Å². The lowest BCUT2D eigenvalue weighted by Gasteiger charge is -2.44. The Hall–Kier alpha value is -3.96. The van der Waals surface area contributed by atoms with Crippen molar-refractivity contribution < 1.29 is 28.7 Å². The van der Waals surface area contributed by atoms with Gasteiger partial charge in [0.1, 0.15) is 5.92 Å². The van der Waals surface area contributed by atoms with Gasteiger partial charge in [-0.2, -0.15) is 0 Å². The predicted molar refractivity (Wildman–Crippen MR) is 160 cm³/mol.